The van der Waals surface area contributed by atoms with Crippen LogP contribution in [0.1, 0.15) is 25.8 Å². The summed E-state index contributed by atoms with van der Waals surface area (Å²) >= 11 is 0. The van der Waals surface area contributed by atoms with Gasteiger partial charge in [0.15, 0.2) is 0 Å². The molecule has 0 saturated heterocycles. The Bertz CT molecular complexity index is 346. The first-order valence-electron chi connectivity index (χ1n) is 5.49. The molecule has 0 radical (unpaired) electrons. The Labute approximate surface area is 101 Å². The minimum absolute atomic E-state index is 0.182. The second-order valence-corrected chi connectivity index (χ2v) is 4.11. The van der Waals surface area contributed by atoms with E-state index in [-0.39, 0.29) is 19.0 Å². The summed E-state index contributed by atoms with van der Waals surface area (Å²) in [5.41, 5.74) is 0.468. The summed E-state index contributed by atoms with van der Waals surface area (Å²) in [6.07, 6.45) is 0.182. The topological polar surface area (TPSA) is 44.8 Å². The lowest BCUT2D eigenvalue weighted by atomic mass is 9.99. The Morgan fingerprint density at radius 1 is 1.24 bits per heavy atom. The van der Waals surface area contributed by atoms with Crippen molar-refractivity contribution >= 4 is 5.97 Å². The Morgan fingerprint density at radius 3 is 2.47 bits per heavy atom. The molecule has 0 aromatic heterocycles. The Balaban J connectivity index is 2.38. The number of ether oxygens (including phenoxy) is 1. The van der Waals surface area contributed by atoms with Crippen LogP contribution in [0.3, 0.4) is 0 Å². The van der Waals surface area contributed by atoms with E-state index in [1.165, 1.54) is 7.11 Å². The third-order valence-electron chi connectivity index (χ3n) is 2.35. The largest absolute Gasteiger partial charge is 0.469 e. The minimum atomic E-state index is -0.544. The summed E-state index contributed by atoms with van der Waals surface area (Å²) in [6, 6.07) is 9.74. The molecule has 0 aliphatic heterocycles. The standard InChI is InChI=1S/C13H18O4/c1-13(2,11-7-5-4-6-8-11)17-16-10-9-12(14)15-3/h4-8H,9-10H2,1-3H3. The molecule has 0 heterocycles. The zero-order chi connectivity index (χ0) is 12.7. The summed E-state index contributed by atoms with van der Waals surface area (Å²) in [6.45, 7) is 3.99. The van der Waals surface area contributed by atoms with Crippen molar-refractivity contribution in [2.45, 2.75) is 25.9 Å². The van der Waals surface area contributed by atoms with Crippen molar-refractivity contribution < 1.29 is 19.3 Å². The molecule has 0 saturated carbocycles. The van der Waals surface area contributed by atoms with Crippen LogP contribution < -0.4 is 0 Å². The van der Waals surface area contributed by atoms with Crippen molar-refractivity contribution in [2.75, 3.05) is 13.7 Å². The first-order valence-corrected chi connectivity index (χ1v) is 5.49. The molecule has 0 amide bonds. The van der Waals surface area contributed by atoms with Crippen molar-refractivity contribution in [3.05, 3.63) is 35.9 Å². The monoisotopic (exact) mass is 238 g/mol. The number of carbonyl (C=O) groups is 1. The normalized spacial score (nSPS) is 11.2. The summed E-state index contributed by atoms with van der Waals surface area (Å²) < 4.78 is 4.49. The van der Waals surface area contributed by atoms with Gasteiger partial charge in [0.25, 0.3) is 0 Å². The number of hydrogen-bond donors (Lipinski definition) is 0. The lowest BCUT2D eigenvalue weighted by molar-refractivity contribution is -0.357. The van der Waals surface area contributed by atoms with Crippen LogP contribution in [-0.4, -0.2) is 19.7 Å². The molecule has 94 valence electrons. The third-order valence-corrected chi connectivity index (χ3v) is 2.35. The second-order valence-electron chi connectivity index (χ2n) is 4.11. The molecule has 0 N–H and O–H groups in total. The molecule has 0 fully saturated rings. The molecule has 1 aromatic rings. The van der Waals surface area contributed by atoms with E-state index >= 15 is 0 Å². The van der Waals surface area contributed by atoms with Crippen molar-refractivity contribution in [2.24, 2.45) is 0 Å². The quantitative estimate of drug-likeness (QED) is 0.330. The van der Waals surface area contributed by atoms with Crippen LogP contribution in [0.25, 0.3) is 0 Å². The van der Waals surface area contributed by atoms with E-state index in [1.54, 1.807) is 0 Å². The van der Waals surface area contributed by atoms with Gasteiger partial charge in [-0.15, -0.1) is 0 Å². The highest BCUT2D eigenvalue weighted by Crippen LogP contribution is 2.24. The zero-order valence-corrected chi connectivity index (χ0v) is 10.4. The smallest absolute Gasteiger partial charge is 0.307 e. The van der Waals surface area contributed by atoms with E-state index in [4.69, 9.17) is 9.78 Å². The number of carbonyl (C=O) groups excluding carboxylic acids is 1. The van der Waals surface area contributed by atoms with Gasteiger partial charge in [0.2, 0.25) is 0 Å². The van der Waals surface area contributed by atoms with Crippen LogP contribution in [0.15, 0.2) is 30.3 Å². The van der Waals surface area contributed by atoms with Crippen molar-refractivity contribution in [3.63, 3.8) is 0 Å². The average molecular weight is 238 g/mol. The van der Waals surface area contributed by atoms with Gasteiger partial charge in [-0.3, -0.25) is 4.79 Å². The van der Waals surface area contributed by atoms with Crippen LogP contribution in [-0.2, 0) is 24.9 Å². The Kier molecular flexibility index (Phi) is 5.12. The molecule has 1 aromatic carbocycles. The number of benzene rings is 1. The molecule has 4 nitrogen and oxygen atoms in total. The Morgan fingerprint density at radius 2 is 1.88 bits per heavy atom. The lowest BCUT2D eigenvalue weighted by Gasteiger charge is -2.23. The van der Waals surface area contributed by atoms with E-state index in [0.717, 1.165) is 5.56 Å². The fourth-order valence-electron chi connectivity index (χ4n) is 1.30. The van der Waals surface area contributed by atoms with Gasteiger partial charge in [0.1, 0.15) is 5.60 Å². The van der Waals surface area contributed by atoms with E-state index < -0.39 is 5.60 Å². The van der Waals surface area contributed by atoms with E-state index in [2.05, 4.69) is 4.74 Å². The van der Waals surface area contributed by atoms with Crippen LogP contribution in [0, 0.1) is 0 Å². The van der Waals surface area contributed by atoms with Gasteiger partial charge in [-0.1, -0.05) is 30.3 Å². The molecule has 0 unspecified atom stereocenters. The average Bonchev–Trinajstić information content (AvgIpc) is 2.35. The Hall–Kier alpha value is -1.39. The van der Waals surface area contributed by atoms with Crippen LogP contribution >= 0.6 is 0 Å². The minimum Gasteiger partial charge on any atom is -0.469 e. The van der Waals surface area contributed by atoms with E-state index in [1.807, 2.05) is 44.2 Å². The fraction of sp³-hybridized carbons (Fsp3) is 0.462. The highest BCUT2D eigenvalue weighted by atomic mass is 17.2. The predicted molar refractivity (Wildman–Crippen MR) is 63.1 cm³/mol. The van der Waals surface area contributed by atoms with Gasteiger partial charge in [-0.05, 0) is 19.4 Å². The maximum absolute atomic E-state index is 10.8. The molecular formula is C13H18O4. The molecule has 1 rings (SSSR count). The SMILES string of the molecule is COC(=O)CCOOC(C)(C)c1ccccc1. The van der Waals surface area contributed by atoms with Crippen molar-refractivity contribution in [1.29, 1.82) is 0 Å². The maximum Gasteiger partial charge on any atom is 0.307 e. The van der Waals surface area contributed by atoms with Crippen LogP contribution in [0.2, 0.25) is 0 Å². The van der Waals surface area contributed by atoms with E-state index in [9.17, 15) is 4.79 Å². The summed E-state index contributed by atoms with van der Waals surface area (Å²) in [7, 11) is 1.34. The lowest BCUT2D eigenvalue weighted by Crippen LogP contribution is -2.22. The molecule has 0 bridgehead atoms. The first kappa shape index (κ1) is 13.7. The first-order chi connectivity index (χ1) is 8.06. The second kappa shape index (κ2) is 6.37. The zero-order valence-electron chi connectivity index (χ0n) is 10.4. The fourth-order valence-corrected chi connectivity index (χ4v) is 1.30. The summed E-state index contributed by atoms with van der Waals surface area (Å²) in [4.78, 5) is 21.2. The number of methoxy groups -OCH3 is 1. The number of hydrogen-bond acceptors (Lipinski definition) is 4. The molecule has 0 aliphatic carbocycles. The highest BCUT2D eigenvalue weighted by Gasteiger charge is 2.22. The summed E-state index contributed by atoms with van der Waals surface area (Å²) in [5.74, 6) is -0.314. The number of esters is 1. The highest BCUT2D eigenvalue weighted by molar-refractivity contribution is 5.69. The van der Waals surface area contributed by atoms with Gasteiger partial charge in [-0.2, -0.15) is 0 Å². The molecule has 0 aliphatic rings. The predicted octanol–water partition coefficient (Wildman–Crippen LogP) is 2.43. The van der Waals surface area contributed by atoms with Gasteiger partial charge < -0.3 is 4.74 Å². The molecule has 0 spiro atoms. The van der Waals surface area contributed by atoms with Gasteiger partial charge in [0, 0.05) is 0 Å². The molecule has 4 heteroatoms. The van der Waals surface area contributed by atoms with Crippen LogP contribution in [0.4, 0.5) is 0 Å². The third kappa shape index (κ3) is 4.54. The van der Waals surface area contributed by atoms with Gasteiger partial charge in [0.05, 0.1) is 20.1 Å². The summed E-state index contributed by atoms with van der Waals surface area (Å²) in [5, 5.41) is 0. The van der Waals surface area contributed by atoms with Gasteiger partial charge >= 0.3 is 5.97 Å². The molecule has 17 heavy (non-hydrogen) atoms. The van der Waals surface area contributed by atoms with Crippen molar-refractivity contribution in [3.8, 4) is 0 Å². The molecular weight excluding hydrogens is 220 g/mol. The molecule has 0 atom stereocenters. The number of rotatable bonds is 6. The maximum atomic E-state index is 10.8. The van der Waals surface area contributed by atoms with Crippen LogP contribution in [0.5, 0.6) is 0 Å². The van der Waals surface area contributed by atoms with Crippen molar-refractivity contribution in [1.82, 2.24) is 0 Å². The van der Waals surface area contributed by atoms with Gasteiger partial charge in [-0.25, -0.2) is 9.78 Å². The van der Waals surface area contributed by atoms with E-state index in [0.29, 0.717) is 0 Å².